The zero-order valence-electron chi connectivity index (χ0n) is 16.8. The maximum Gasteiger partial charge on any atom is 0.306 e. The Morgan fingerprint density at radius 2 is 1.89 bits per heavy atom. The molecule has 0 spiro atoms. The van der Waals surface area contributed by atoms with Crippen LogP contribution in [0.3, 0.4) is 0 Å². The molecular weight excluding hydrogens is 342 g/mol. The first-order valence-electron chi connectivity index (χ1n) is 9.84. The molecule has 2 saturated carbocycles. The van der Waals surface area contributed by atoms with Crippen molar-refractivity contribution in [3.05, 3.63) is 29.8 Å². The van der Waals surface area contributed by atoms with Crippen molar-refractivity contribution in [2.45, 2.75) is 58.9 Å². The highest BCUT2D eigenvalue weighted by molar-refractivity contribution is 5.81. The number of amides is 1. The number of aryl methyl sites for hydroxylation is 1. The summed E-state index contributed by atoms with van der Waals surface area (Å²) in [5, 5.41) is 3.12. The summed E-state index contributed by atoms with van der Waals surface area (Å²) in [4.78, 5) is 24.2. The largest absolute Gasteiger partial charge is 0.497 e. The minimum atomic E-state index is -0.347. The van der Waals surface area contributed by atoms with Crippen LogP contribution in [-0.2, 0) is 20.7 Å². The second kappa shape index (κ2) is 7.53. The zero-order valence-corrected chi connectivity index (χ0v) is 16.8. The SMILES string of the molecule is COc1ccc(CCC(=O)OCC(=O)NC2CC3CCC2(C)C3(C)C)cc1. The van der Waals surface area contributed by atoms with Gasteiger partial charge < -0.3 is 14.8 Å². The lowest BCUT2D eigenvalue weighted by Gasteiger charge is -2.39. The van der Waals surface area contributed by atoms with Crippen molar-refractivity contribution in [1.82, 2.24) is 5.32 Å². The Hall–Kier alpha value is -2.04. The fourth-order valence-electron chi connectivity index (χ4n) is 4.91. The van der Waals surface area contributed by atoms with Crippen LogP contribution in [0.2, 0.25) is 0 Å². The van der Waals surface area contributed by atoms with E-state index in [1.165, 1.54) is 6.42 Å². The summed E-state index contributed by atoms with van der Waals surface area (Å²) in [6.45, 7) is 6.72. The van der Waals surface area contributed by atoms with Gasteiger partial charge in [-0.15, -0.1) is 0 Å². The van der Waals surface area contributed by atoms with Gasteiger partial charge in [-0.2, -0.15) is 0 Å². The minimum Gasteiger partial charge on any atom is -0.497 e. The number of nitrogens with one attached hydrogen (secondary N) is 1. The highest BCUT2D eigenvalue weighted by Crippen LogP contribution is 2.65. The van der Waals surface area contributed by atoms with Crippen LogP contribution >= 0.6 is 0 Å². The van der Waals surface area contributed by atoms with Crippen molar-refractivity contribution < 1.29 is 19.1 Å². The molecule has 3 atom stereocenters. The van der Waals surface area contributed by atoms with Gasteiger partial charge in [0.1, 0.15) is 5.75 Å². The number of esters is 1. The van der Waals surface area contributed by atoms with Crippen LogP contribution < -0.4 is 10.1 Å². The third-order valence-corrected chi connectivity index (χ3v) is 7.27. The molecule has 0 aliphatic heterocycles. The van der Waals surface area contributed by atoms with Crippen LogP contribution in [0.1, 0.15) is 52.0 Å². The summed E-state index contributed by atoms with van der Waals surface area (Å²) in [6.07, 6.45) is 4.27. The Balaban J connectivity index is 1.41. The zero-order chi connectivity index (χ0) is 19.7. The van der Waals surface area contributed by atoms with Crippen molar-refractivity contribution in [3.63, 3.8) is 0 Å². The van der Waals surface area contributed by atoms with Crippen LogP contribution in [0.5, 0.6) is 5.75 Å². The van der Waals surface area contributed by atoms with Crippen molar-refractivity contribution in [3.8, 4) is 5.75 Å². The number of fused-ring (bicyclic) bond motifs is 2. The fourth-order valence-corrected chi connectivity index (χ4v) is 4.91. The number of rotatable bonds is 7. The molecule has 1 aromatic carbocycles. The van der Waals surface area contributed by atoms with Crippen molar-refractivity contribution >= 4 is 11.9 Å². The van der Waals surface area contributed by atoms with Crippen LogP contribution in [0.25, 0.3) is 0 Å². The average molecular weight is 373 g/mol. The number of benzene rings is 1. The lowest BCUT2D eigenvalue weighted by Crippen LogP contribution is -2.48. The molecule has 0 aromatic heterocycles. The topological polar surface area (TPSA) is 64.6 Å². The maximum atomic E-state index is 12.3. The van der Waals surface area contributed by atoms with Gasteiger partial charge in [-0.3, -0.25) is 9.59 Å². The predicted octanol–water partition coefficient (Wildman–Crippen LogP) is 3.50. The molecule has 0 saturated heterocycles. The summed E-state index contributed by atoms with van der Waals surface area (Å²) in [5.74, 6) is 0.915. The molecule has 0 heterocycles. The van der Waals surface area contributed by atoms with E-state index < -0.39 is 0 Å². The maximum absolute atomic E-state index is 12.3. The molecule has 0 radical (unpaired) electrons. The summed E-state index contributed by atoms with van der Waals surface area (Å²) < 4.78 is 10.3. The van der Waals surface area contributed by atoms with Gasteiger partial charge in [0.15, 0.2) is 6.61 Å². The molecule has 1 aromatic rings. The molecule has 27 heavy (non-hydrogen) atoms. The Labute approximate surface area is 161 Å². The number of hydrogen-bond donors (Lipinski definition) is 1. The molecule has 2 fully saturated rings. The molecule has 3 unspecified atom stereocenters. The first-order chi connectivity index (χ1) is 12.8. The van der Waals surface area contributed by atoms with Crippen LogP contribution in [0, 0.1) is 16.7 Å². The van der Waals surface area contributed by atoms with Gasteiger partial charge in [-0.05, 0) is 60.1 Å². The van der Waals surface area contributed by atoms with Crippen molar-refractivity contribution in [2.75, 3.05) is 13.7 Å². The summed E-state index contributed by atoms with van der Waals surface area (Å²) in [6, 6.07) is 7.76. The monoisotopic (exact) mass is 373 g/mol. The van der Waals surface area contributed by atoms with Gasteiger partial charge in [0.05, 0.1) is 7.11 Å². The van der Waals surface area contributed by atoms with Gasteiger partial charge in [0.2, 0.25) is 0 Å². The number of carbonyl (C=O) groups is 2. The Morgan fingerprint density at radius 1 is 1.19 bits per heavy atom. The fraction of sp³-hybridized carbons (Fsp3) is 0.636. The molecular formula is C22H31NO4. The molecule has 2 aliphatic carbocycles. The van der Waals surface area contributed by atoms with Gasteiger partial charge >= 0.3 is 5.97 Å². The van der Waals surface area contributed by atoms with E-state index in [0.717, 1.165) is 24.2 Å². The summed E-state index contributed by atoms with van der Waals surface area (Å²) in [5.41, 5.74) is 1.42. The van der Waals surface area contributed by atoms with Crippen LogP contribution in [-0.4, -0.2) is 31.6 Å². The van der Waals surface area contributed by atoms with Gasteiger partial charge in [0.25, 0.3) is 5.91 Å². The van der Waals surface area contributed by atoms with E-state index >= 15 is 0 Å². The molecule has 5 heteroatoms. The van der Waals surface area contributed by atoms with Gasteiger partial charge in [0, 0.05) is 12.5 Å². The second-order valence-electron chi connectivity index (χ2n) is 8.74. The lowest BCUT2D eigenvalue weighted by atomic mass is 9.69. The van der Waals surface area contributed by atoms with E-state index in [2.05, 4.69) is 26.1 Å². The van der Waals surface area contributed by atoms with E-state index in [9.17, 15) is 9.59 Å². The van der Waals surface area contributed by atoms with E-state index in [0.29, 0.717) is 12.3 Å². The van der Waals surface area contributed by atoms with E-state index in [-0.39, 0.29) is 41.8 Å². The Morgan fingerprint density at radius 3 is 2.44 bits per heavy atom. The van der Waals surface area contributed by atoms with Gasteiger partial charge in [-0.25, -0.2) is 0 Å². The number of hydrogen-bond acceptors (Lipinski definition) is 4. The molecule has 1 amide bonds. The van der Waals surface area contributed by atoms with Crippen molar-refractivity contribution in [2.24, 2.45) is 16.7 Å². The Kier molecular flexibility index (Phi) is 5.50. The highest BCUT2D eigenvalue weighted by atomic mass is 16.5. The molecule has 148 valence electrons. The van der Waals surface area contributed by atoms with Crippen molar-refractivity contribution in [1.29, 1.82) is 0 Å². The quantitative estimate of drug-likeness (QED) is 0.743. The molecule has 2 bridgehead atoms. The Bertz CT molecular complexity index is 697. The molecule has 2 aliphatic rings. The van der Waals surface area contributed by atoms with E-state index in [4.69, 9.17) is 9.47 Å². The lowest BCUT2D eigenvalue weighted by molar-refractivity contribution is -0.149. The standard InChI is InChI=1S/C22H31NO4/c1-21(2)16-11-12-22(21,3)18(13-16)23-19(24)14-27-20(25)10-7-15-5-8-17(26-4)9-6-15/h5-6,8-9,16,18H,7,10-14H2,1-4H3,(H,23,24). The minimum absolute atomic E-state index is 0.131. The third kappa shape index (κ3) is 3.83. The first-order valence-corrected chi connectivity index (χ1v) is 9.84. The second-order valence-corrected chi connectivity index (χ2v) is 8.74. The predicted molar refractivity (Wildman–Crippen MR) is 103 cm³/mol. The summed E-state index contributed by atoms with van der Waals surface area (Å²) >= 11 is 0. The normalized spacial score (nSPS) is 28.0. The number of ether oxygens (including phenoxy) is 2. The number of methoxy groups -OCH3 is 1. The molecule has 5 nitrogen and oxygen atoms in total. The highest BCUT2D eigenvalue weighted by Gasteiger charge is 2.61. The van der Waals surface area contributed by atoms with E-state index in [1.54, 1.807) is 7.11 Å². The number of carbonyl (C=O) groups excluding carboxylic acids is 2. The summed E-state index contributed by atoms with van der Waals surface area (Å²) in [7, 11) is 1.62. The average Bonchev–Trinajstić information content (AvgIpc) is 2.98. The van der Waals surface area contributed by atoms with Crippen LogP contribution in [0.4, 0.5) is 0 Å². The van der Waals surface area contributed by atoms with E-state index in [1.807, 2.05) is 24.3 Å². The first kappa shape index (κ1) is 19.7. The van der Waals surface area contributed by atoms with Crippen LogP contribution in [0.15, 0.2) is 24.3 Å². The third-order valence-electron chi connectivity index (χ3n) is 7.27. The molecule has 1 N–H and O–H groups in total. The molecule has 3 rings (SSSR count). The smallest absolute Gasteiger partial charge is 0.306 e. The van der Waals surface area contributed by atoms with Gasteiger partial charge in [-0.1, -0.05) is 32.9 Å².